The quantitative estimate of drug-likeness (QED) is 0.561. The maximum absolute atomic E-state index is 14.2. The van der Waals surface area contributed by atoms with Gasteiger partial charge in [0.25, 0.3) is 5.91 Å². The molecular formula is C29H34N4O4. The molecule has 194 valence electrons. The van der Waals surface area contributed by atoms with Gasteiger partial charge in [-0.05, 0) is 31.0 Å². The van der Waals surface area contributed by atoms with E-state index in [4.69, 9.17) is 9.47 Å². The molecule has 1 unspecified atom stereocenters. The van der Waals surface area contributed by atoms with Crippen LogP contribution >= 0.6 is 0 Å². The van der Waals surface area contributed by atoms with Gasteiger partial charge < -0.3 is 24.3 Å². The normalized spacial score (nSPS) is 24.3. The molecule has 2 aromatic carbocycles. The fraction of sp³-hybridized carbons (Fsp3) is 0.448. The Balaban J connectivity index is 1.38. The highest BCUT2D eigenvalue weighted by Gasteiger charge is 2.56. The van der Waals surface area contributed by atoms with Crippen LogP contribution in [-0.4, -0.2) is 91.1 Å². The van der Waals surface area contributed by atoms with Crippen molar-refractivity contribution in [1.82, 2.24) is 19.7 Å². The number of ether oxygens (including phenoxy) is 2. The van der Waals surface area contributed by atoms with Crippen molar-refractivity contribution in [2.75, 3.05) is 59.6 Å². The van der Waals surface area contributed by atoms with Gasteiger partial charge in [0, 0.05) is 55.1 Å². The molecule has 0 aliphatic carbocycles. The minimum atomic E-state index is -1.08. The van der Waals surface area contributed by atoms with E-state index in [0.29, 0.717) is 13.1 Å². The molecule has 0 bridgehead atoms. The molecule has 0 spiro atoms. The van der Waals surface area contributed by atoms with E-state index in [2.05, 4.69) is 22.0 Å². The number of carbonyl (C=O) groups excluding carboxylic acids is 2. The van der Waals surface area contributed by atoms with Gasteiger partial charge in [-0.15, -0.1) is 0 Å². The average Bonchev–Trinajstić information content (AvgIpc) is 3.33. The molecule has 2 fully saturated rings. The highest BCUT2D eigenvalue weighted by atomic mass is 16.5. The summed E-state index contributed by atoms with van der Waals surface area (Å²) >= 11 is 0. The number of H-pyrrole nitrogens is 1. The van der Waals surface area contributed by atoms with Crippen LogP contribution in [0.2, 0.25) is 0 Å². The van der Waals surface area contributed by atoms with Crippen molar-refractivity contribution < 1.29 is 19.1 Å². The fourth-order valence-corrected chi connectivity index (χ4v) is 6.40. The van der Waals surface area contributed by atoms with Crippen LogP contribution in [0.1, 0.15) is 36.1 Å². The Morgan fingerprint density at radius 2 is 1.81 bits per heavy atom. The highest BCUT2D eigenvalue weighted by Crippen LogP contribution is 2.49. The maximum atomic E-state index is 14.2. The summed E-state index contributed by atoms with van der Waals surface area (Å²) in [5, 5.41) is 1.08. The van der Waals surface area contributed by atoms with Crippen molar-refractivity contribution in [2.45, 2.75) is 24.8 Å². The van der Waals surface area contributed by atoms with Crippen molar-refractivity contribution in [3.8, 4) is 5.75 Å². The number of piperazine rings is 1. The molecule has 8 heteroatoms. The van der Waals surface area contributed by atoms with Gasteiger partial charge in [-0.2, -0.15) is 0 Å². The molecule has 3 aliphatic rings. The minimum Gasteiger partial charge on any atom is -0.496 e. The van der Waals surface area contributed by atoms with Crippen molar-refractivity contribution in [1.29, 1.82) is 0 Å². The van der Waals surface area contributed by atoms with Gasteiger partial charge in [-0.25, -0.2) is 0 Å². The van der Waals surface area contributed by atoms with E-state index in [1.165, 1.54) is 0 Å². The Morgan fingerprint density at radius 1 is 1.05 bits per heavy atom. The summed E-state index contributed by atoms with van der Waals surface area (Å²) in [6, 6.07) is 16.1. The van der Waals surface area contributed by atoms with E-state index in [9.17, 15) is 9.59 Å². The number of methoxy groups -OCH3 is 1. The summed E-state index contributed by atoms with van der Waals surface area (Å²) in [6.45, 7) is 7.27. The number of amides is 2. The summed E-state index contributed by atoms with van der Waals surface area (Å²) in [5.74, 6) is 0.644. The predicted octanol–water partition coefficient (Wildman–Crippen LogP) is 2.93. The molecule has 37 heavy (non-hydrogen) atoms. The minimum absolute atomic E-state index is 0.0136. The van der Waals surface area contributed by atoms with Crippen molar-refractivity contribution >= 4 is 22.7 Å². The molecular weight excluding hydrogens is 468 g/mol. The van der Waals surface area contributed by atoms with Gasteiger partial charge in [-0.3, -0.25) is 14.5 Å². The SMILES string of the molecule is COc1ccccc1C1CN2C(=O)CN(CCCN3CCOCC3)C(=O)[C@]2(C)c2[nH]c3ccccc3c21. The van der Waals surface area contributed by atoms with E-state index < -0.39 is 5.54 Å². The molecule has 8 nitrogen and oxygen atoms in total. The predicted molar refractivity (Wildman–Crippen MR) is 141 cm³/mol. The maximum Gasteiger partial charge on any atom is 0.254 e. The molecule has 1 N–H and O–H groups in total. The van der Waals surface area contributed by atoms with Crippen LogP contribution in [0.25, 0.3) is 10.9 Å². The van der Waals surface area contributed by atoms with E-state index >= 15 is 0 Å². The van der Waals surface area contributed by atoms with Crippen LogP contribution < -0.4 is 4.74 Å². The number of morpholine rings is 1. The van der Waals surface area contributed by atoms with Crippen LogP contribution in [0.15, 0.2) is 48.5 Å². The number of nitrogens with one attached hydrogen (secondary N) is 1. The third-order valence-corrected chi connectivity index (χ3v) is 8.34. The first-order chi connectivity index (χ1) is 18.0. The molecule has 0 radical (unpaired) electrons. The molecule has 3 aliphatic heterocycles. The van der Waals surface area contributed by atoms with Crippen LogP contribution in [0.3, 0.4) is 0 Å². The standard InChI is InChI=1S/C29H34N4O4/c1-29-27-26(21-9-3-5-10-23(21)30-27)22(20-8-4-6-11-24(20)36-2)18-33(29)25(34)19-32(28(29)35)13-7-12-31-14-16-37-17-15-31/h3-6,8-11,22,30H,7,12-19H2,1-2H3/t22?,29-/m0/s1. The lowest BCUT2D eigenvalue weighted by molar-refractivity contribution is -0.166. The topological polar surface area (TPSA) is 78.1 Å². The van der Waals surface area contributed by atoms with Crippen LogP contribution in [-0.2, 0) is 19.9 Å². The van der Waals surface area contributed by atoms with Gasteiger partial charge in [-0.1, -0.05) is 36.4 Å². The first kappa shape index (κ1) is 24.0. The highest BCUT2D eigenvalue weighted by molar-refractivity contribution is 6.01. The smallest absolute Gasteiger partial charge is 0.254 e. The monoisotopic (exact) mass is 502 g/mol. The van der Waals surface area contributed by atoms with Crippen molar-refractivity contribution in [3.63, 3.8) is 0 Å². The van der Waals surface area contributed by atoms with E-state index in [1.807, 2.05) is 43.3 Å². The Morgan fingerprint density at radius 3 is 2.62 bits per heavy atom. The van der Waals surface area contributed by atoms with Gasteiger partial charge in [0.05, 0.1) is 32.6 Å². The Bertz CT molecular complexity index is 1330. The average molecular weight is 503 g/mol. The molecule has 2 saturated heterocycles. The molecule has 1 aromatic heterocycles. The molecule has 2 atom stereocenters. The van der Waals surface area contributed by atoms with Crippen molar-refractivity contribution in [2.24, 2.45) is 0 Å². The second-order valence-electron chi connectivity index (χ2n) is 10.4. The molecule has 2 amide bonds. The zero-order valence-corrected chi connectivity index (χ0v) is 21.5. The Hall–Kier alpha value is -3.36. The zero-order chi connectivity index (χ0) is 25.6. The summed E-state index contributed by atoms with van der Waals surface area (Å²) in [5.41, 5.74) is 2.80. The van der Waals surface area contributed by atoms with E-state index in [-0.39, 0.29) is 24.3 Å². The summed E-state index contributed by atoms with van der Waals surface area (Å²) < 4.78 is 11.2. The third kappa shape index (κ3) is 3.90. The zero-order valence-electron chi connectivity index (χ0n) is 21.5. The molecule has 6 rings (SSSR count). The number of aromatic nitrogens is 1. The van der Waals surface area contributed by atoms with Gasteiger partial charge in [0.2, 0.25) is 5.91 Å². The number of fused-ring (bicyclic) bond motifs is 5. The van der Waals surface area contributed by atoms with E-state index in [0.717, 1.165) is 72.7 Å². The first-order valence-electron chi connectivity index (χ1n) is 13.2. The second-order valence-corrected chi connectivity index (χ2v) is 10.4. The molecule has 0 saturated carbocycles. The lowest BCUT2D eigenvalue weighted by atomic mass is 9.76. The molecule has 3 aromatic rings. The Kier molecular flexibility index (Phi) is 6.16. The summed E-state index contributed by atoms with van der Waals surface area (Å²) in [4.78, 5) is 37.3. The largest absolute Gasteiger partial charge is 0.496 e. The van der Waals surface area contributed by atoms with Crippen LogP contribution in [0.5, 0.6) is 5.75 Å². The summed E-state index contributed by atoms with van der Waals surface area (Å²) in [6.07, 6.45) is 0.832. The second kappa shape index (κ2) is 9.50. The third-order valence-electron chi connectivity index (χ3n) is 8.34. The van der Waals surface area contributed by atoms with E-state index in [1.54, 1.807) is 16.9 Å². The summed E-state index contributed by atoms with van der Waals surface area (Å²) in [7, 11) is 1.67. The fourth-order valence-electron chi connectivity index (χ4n) is 6.40. The van der Waals surface area contributed by atoms with Gasteiger partial charge in [0.15, 0.2) is 5.54 Å². The number of hydrogen-bond acceptors (Lipinski definition) is 5. The lowest BCUT2D eigenvalue weighted by Crippen LogP contribution is -2.67. The molecule has 4 heterocycles. The van der Waals surface area contributed by atoms with Crippen molar-refractivity contribution in [3.05, 3.63) is 65.4 Å². The first-order valence-corrected chi connectivity index (χ1v) is 13.2. The number of rotatable bonds is 6. The number of hydrogen-bond donors (Lipinski definition) is 1. The van der Waals surface area contributed by atoms with Crippen LogP contribution in [0.4, 0.5) is 0 Å². The van der Waals surface area contributed by atoms with Crippen LogP contribution in [0, 0.1) is 0 Å². The lowest BCUT2D eigenvalue weighted by Gasteiger charge is -2.51. The number of aromatic amines is 1. The number of carbonyl (C=O) groups is 2. The number of benzene rings is 2. The Labute approximate surface area is 217 Å². The van der Waals surface area contributed by atoms with Gasteiger partial charge >= 0.3 is 0 Å². The number of para-hydroxylation sites is 2. The van der Waals surface area contributed by atoms with Gasteiger partial charge in [0.1, 0.15) is 5.75 Å². The number of nitrogens with zero attached hydrogens (tertiary/aromatic N) is 3.